The number of hydrogen-bond acceptors (Lipinski definition) is 7. The number of benzene rings is 1. The van der Waals surface area contributed by atoms with Gasteiger partial charge in [-0.05, 0) is 55.8 Å². The van der Waals surface area contributed by atoms with Crippen molar-refractivity contribution in [3.05, 3.63) is 82.9 Å². The summed E-state index contributed by atoms with van der Waals surface area (Å²) in [5.74, 6) is -0.802. The van der Waals surface area contributed by atoms with Crippen LogP contribution in [0.5, 0.6) is 11.5 Å². The molecule has 2 aromatic heterocycles. The molecule has 4 rings (SSSR count). The molecule has 0 fully saturated rings. The number of aromatic hydroxyl groups is 1. The van der Waals surface area contributed by atoms with Gasteiger partial charge >= 0.3 is 0 Å². The van der Waals surface area contributed by atoms with E-state index in [0.717, 1.165) is 0 Å². The third-order valence-corrected chi connectivity index (χ3v) is 5.02. The van der Waals surface area contributed by atoms with Gasteiger partial charge in [0.25, 0.3) is 5.91 Å². The maximum absolute atomic E-state index is 13.2. The Morgan fingerprint density at radius 2 is 2.00 bits per heavy atom. The van der Waals surface area contributed by atoms with Crippen molar-refractivity contribution >= 4 is 11.7 Å². The van der Waals surface area contributed by atoms with E-state index in [1.807, 2.05) is 0 Å². The molecule has 2 N–H and O–H groups in total. The average molecular weight is 423 g/mol. The van der Waals surface area contributed by atoms with Crippen LogP contribution in [0.1, 0.15) is 40.6 Å². The molecule has 31 heavy (non-hydrogen) atoms. The number of carbonyl (C=O) groups is 2. The Kier molecular flexibility index (Phi) is 5.29. The number of ketones is 1. The maximum atomic E-state index is 13.2. The molecule has 0 aliphatic carbocycles. The fourth-order valence-electron chi connectivity index (χ4n) is 3.63. The Hall–Kier alpha value is -3.94. The van der Waals surface area contributed by atoms with Gasteiger partial charge in [0.1, 0.15) is 11.5 Å². The number of nitrogens with zero attached hydrogens (tertiary/aromatic N) is 1. The molecule has 160 valence electrons. The van der Waals surface area contributed by atoms with Gasteiger partial charge in [0, 0.05) is 0 Å². The summed E-state index contributed by atoms with van der Waals surface area (Å²) in [4.78, 5) is 27.5. The zero-order valence-corrected chi connectivity index (χ0v) is 17.0. The SMILES string of the molecule is CCOc1cc(C2C(C(=O)c3ccc(C)o3)=C(O)C(=O)N2Cc2ccco2)ccc1O. The van der Waals surface area contributed by atoms with Crippen molar-refractivity contribution in [1.82, 2.24) is 4.90 Å². The van der Waals surface area contributed by atoms with Gasteiger partial charge in [-0.1, -0.05) is 6.07 Å². The Bertz CT molecular complexity index is 1160. The van der Waals surface area contributed by atoms with Gasteiger partial charge in [0.2, 0.25) is 5.78 Å². The van der Waals surface area contributed by atoms with Crippen LogP contribution in [0.3, 0.4) is 0 Å². The summed E-state index contributed by atoms with van der Waals surface area (Å²) in [6.07, 6.45) is 1.48. The third-order valence-electron chi connectivity index (χ3n) is 5.02. The summed E-state index contributed by atoms with van der Waals surface area (Å²) >= 11 is 0. The average Bonchev–Trinajstić information content (AvgIpc) is 3.47. The quantitative estimate of drug-likeness (QED) is 0.551. The van der Waals surface area contributed by atoms with E-state index >= 15 is 0 Å². The van der Waals surface area contributed by atoms with Crippen LogP contribution in [0, 0.1) is 6.92 Å². The van der Waals surface area contributed by atoms with E-state index < -0.39 is 23.5 Å². The van der Waals surface area contributed by atoms with Gasteiger partial charge in [-0.2, -0.15) is 0 Å². The fraction of sp³-hybridized carbons (Fsp3) is 0.217. The number of phenols is 1. The molecule has 1 aliphatic rings. The van der Waals surface area contributed by atoms with Gasteiger partial charge in [-0.15, -0.1) is 0 Å². The lowest BCUT2D eigenvalue weighted by Crippen LogP contribution is -2.30. The summed E-state index contributed by atoms with van der Waals surface area (Å²) in [5.41, 5.74) is 0.371. The van der Waals surface area contributed by atoms with Crippen LogP contribution in [0.4, 0.5) is 0 Å². The standard InChI is InChI=1S/C23H21NO7/c1-3-29-18-11-14(7-8-16(18)25)20-19(21(26)17-9-6-13(2)31-17)22(27)23(28)24(20)12-15-5-4-10-30-15/h4-11,20,25,27H,3,12H2,1-2H3. The Labute approximate surface area is 178 Å². The van der Waals surface area contributed by atoms with Crippen molar-refractivity contribution in [3.63, 3.8) is 0 Å². The summed E-state index contributed by atoms with van der Waals surface area (Å²) in [7, 11) is 0. The minimum absolute atomic E-state index is 0.0144. The van der Waals surface area contributed by atoms with Crippen molar-refractivity contribution in [2.24, 2.45) is 0 Å². The number of amides is 1. The van der Waals surface area contributed by atoms with Crippen LogP contribution in [0.25, 0.3) is 0 Å². The van der Waals surface area contributed by atoms with Gasteiger partial charge in [-0.3, -0.25) is 9.59 Å². The Balaban J connectivity index is 1.82. The molecule has 0 radical (unpaired) electrons. The molecule has 3 aromatic rings. The number of rotatable bonds is 7. The van der Waals surface area contributed by atoms with E-state index in [2.05, 4.69) is 0 Å². The highest BCUT2D eigenvalue weighted by Crippen LogP contribution is 2.42. The highest BCUT2D eigenvalue weighted by atomic mass is 16.5. The van der Waals surface area contributed by atoms with Crippen molar-refractivity contribution in [2.75, 3.05) is 6.61 Å². The number of phenolic OH excluding ortho intramolecular Hbond substituents is 1. The normalized spacial score (nSPS) is 16.3. The van der Waals surface area contributed by atoms with Gasteiger partial charge in [-0.25, -0.2) is 0 Å². The van der Waals surface area contributed by atoms with Crippen LogP contribution in [0.15, 0.2) is 68.9 Å². The van der Waals surface area contributed by atoms with Crippen LogP contribution in [0.2, 0.25) is 0 Å². The maximum Gasteiger partial charge on any atom is 0.290 e. The molecular weight excluding hydrogens is 402 g/mol. The van der Waals surface area contributed by atoms with Crippen LogP contribution in [-0.2, 0) is 11.3 Å². The van der Waals surface area contributed by atoms with E-state index in [0.29, 0.717) is 23.7 Å². The van der Waals surface area contributed by atoms with E-state index in [-0.39, 0.29) is 29.4 Å². The first-order valence-corrected chi connectivity index (χ1v) is 9.74. The van der Waals surface area contributed by atoms with E-state index in [1.165, 1.54) is 23.3 Å². The number of aryl methyl sites for hydroxylation is 1. The molecule has 0 saturated heterocycles. The first kappa shape index (κ1) is 20.3. The highest BCUT2D eigenvalue weighted by Gasteiger charge is 2.45. The largest absolute Gasteiger partial charge is 0.504 e. The van der Waals surface area contributed by atoms with Crippen molar-refractivity contribution in [1.29, 1.82) is 0 Å². The van der Waals surface area contributed by atoms with Crippen LogP contribution in [-0.4, -0.2) is 33.4 Å². The predicted octanol–water partition coefficient (Wildman–Crippen LogP) is 4.06. The molecule has 8 nitrogen and oxygen atoms in total. The van der Waals surface area contributed by atoms with Gasteiger partial charge < -0.3 is 28.7 Å². The van der Waals surface area contributed by atoms with Crippen LogP contribution < -0.4 is 4.74 Å². The highest BCUT2D eigenvalue weighted by molar-refractivity contribution is 6.15. The topological polar surface area (TPSA) is 113 Å². The molecule has 1 unspecified atom stereocenters. The van der Waals surface area contributed by atoms with E-state index in [9.17, 15) is 19.8 Å². The third kappa shape index (κ3) is 3.68. The number of carbonyl (C=O) groups excluding carboxylic acids is 2. The smallest absolute Gasteiger partial charge is 0.290 e. The van der Waals surface area contributed by atoms with E-state index in [1.54, 1.807) is 44.2 Å². The van der Waals surface area contributed by atoms with Gasteiger partial charge in [0.15, 0.2) is 23.0 Å². The van der Waals surface area contributed by atoms with Gasteiger partial charge in [0.05, 0.1) is 31.0 Å². The Morgan fingerprint density at radius 3 is 2.65 bits per heavy atom. The zero-order valence-electron chi connectivity index (χ0n) is 17.0. The molecule has 1 amide bonds. The molecular formula is C23H21NO7. The van der Waals surface area contributed by atoms with E-state index in [4.69, 9.17) is 13.6 Å². The number of furan rings is 2. The zero-order chi connectivity index (χ0) is 22.1. The molecule has 0 bridgehead atoms. The number of hydrogen-bond donors (Lipinski definition) is 2. The second kappa shape index (κ2) is 8.06. The summed E-state index contributed by atoms with van der Waals surface area (Å²) < 4.78 is 16.3. The summed E-state index contributed by atoms with van der Waals surface area (Å²) in [5, 5.41) is 20.7. The summed E-state index contributed by atoms with van der Waals surface area (Å²) in [6.45, 7) is 3.81. The van der Waals surface area contributed by atoms with Crippen molar-refractivity contribution in [2.45, 2.75) is 26.4 Å². The lowest BCUT2D eigenvalue weighted by atomic mass is 9.94. The molecule has 1 atom stereocenters. The molecule has 1 aliphatic heterocycles. The van der Waals surface area contributed by atoms with Crippen molar-refractivity contribution < 1.29 is 33.4 Å². The number of aliphatic hydroxyl groups is 1. The second-order valence-corrected chi connectivity index (χ2v) is 7.08. The minimum Gasteiger partial charge on any atom is -0.504 e. The summed E-state index contributed by atoms with van der Waals surface area (Å²) in [6, 6.07) is 10.1. The number of Topliss-reactive ketones (excluding diaryl/α,β-unsaturated/α-hetero) is 1. The second-order valence-electron chi connectivity index (χ2n) is 7.08. The van der Waals surface area contributed by atoms with Crippen LogP contribution >= 0.6 is 0 Å². The number of ether oxygens (including phenoxy) is 1. The molecule has 0 saturated carbocycles. The Morgan fingerprint density at radius 1 is 1.19 bits per heavy atom. The lowest BCUT2D eigenvalue weighted by molar-refractivity contribution is -0.130. The molecule has 1 aromatic carbocycles. The monoisotopic (exact) mass is 423 g/mol. The minimum atomic E-state index is -0.935. The first-order valence-electron chi connectivity index (χ1n) is 9.74. The number of aliphatic hydroxyl groups excluding tert-OH is 1. The fourth-order valence-corrected chi connectivity index (χ4v) is 3.63. The molecule has 8 heteroatoms. The molecule has 3 heterocycles. The van der Waals surface area contributed by atoms with Crippen molar-refractivity contribution in [3.8, 4) is 11.5 Å². The first-order chi connectivity index (χ1) is 14.9. The predicted molar refractivity (Wildman–Crippen MR) is 109 cm³/mol. The lowest BCUT2D eigenvalue weighted by Gasteiger charge is -2.26. The molecule has 0 spiro atoms.